The van der Waals surface area contributed by atoms with E-state index in [0.717, 1.165) is 17.7 Å². The molecule has 1 N–H and O–H groups in total. The number of benzene rings is 1. The maximum absolute atomic E-state index is 11.8. The molecule has 1 aliphatic heterocycles. The van der Waals surface area contributed by atoms with Crippen molar-refractivity contribution in [3.8, 4) is 0 Å². The van der Waals surface area contributed by atoms with Crippen molar-refractivity contribution in [2.24, 2.45) is 0 Å². The number of unbranched alkanes of at least 4 members (excludes halogenated alkanes) is 1. The lowest BCUT2D eigenvalue weighted by atomic mass is 10.1. The lowest BCUT2D eigenvalue weighted by Gasteiger charge is -2.05. The molecule has 1 aromatic carbocycles. The molecular formula is C14H16N2O3. The largest absolute Gasteiger partial charge is 0.326 e. The van der Waals surface area contributed by atoms with E-state index in [1.54, 1.807) is 18.2 Å². The SMILES string of the molecule is CCCCC(=O)Nc1ccc2c(c1)C(=O)N(C)C2=O. The molecular weight excluding hydrogens is 244 g/mol. The summed E-state index contributed by atoms with van der Waals surface area (Å²) >= 11 is 0. The van der Waals surface area contributed by atoms with Crippen molar-refractivity contribution in [1.29, 1.82) is 0 Å². The maximum Gasteiger partial charge on any atom is 0.261 e. The van der Waals surface area contributed by atoms with Crippen molar-refractivity contribution in [2.45, 2.75) is 26.2 Å². The number of anilines is 1. The van der Waals surface area contributed by atoms with Crippen LogP contribution in [-0.4, -0.2) is 29.7 Å². The summed E-state index contributed by atoms with van der Waals surface area (Å²) in [4.78, 5) is 36.2. The molecule has 19 heavy (non-hydrogen) atoms. The Balaban J connectivity index is 2.17. The first-order valence-corrected chi connectivity index (χ1v) is 6.31. The van der Waals surface area contributed by atoms with Gasteiger partial charge >= 0.3 is 0 Å². The highest BCUT2D eigenvalue weighted by Gasteiger charge is 2.32. The summed E-state index contributed by atoms with van der Waals surface area (Å²) in [7, 11) is 1.45. The third-order valence-corrected chi connectivity index (χ3v) is 3.13. The van der Waals surface area contributed by atoms with Crippen LogP contribution in [0.15, 0.2) is 18.2 Å². The van der Waals surface area contributed by atoms with E-state index < -0.39 is 0 Å². The van der Waals surface area contributed by atoms with Gasteiger partial charge in [-0.25, -0.2) is 0 Å². The molecule has 0 spiro atoms. The molecule has 2 rings (SSSR count). The van der Waals surface area contributed by atoms with E-state index in [2.05, 4.69) is 5.32 Å². The van der Waals surface area contributed by atoms with Crippen LogP contribution in [0.2, 0.25) is 0 Å². The first-order chi connectivity index (χ1) is 9.04. The van der Waals surface area contributed by atoms with Crippen LogP contribution >= 0.6 is 0 Å². The number of fused-ring (bicyclic) bond motifs is 1. The Morgan fingerprint density at radius 3 is 2.58 bits per heavy atom. The average molecular weight is 260 g/mol. The highest BCUT2D eigenvalue weighted by Crippen LogP contribution is 2.24. The normalized spacial score (nSPS) is 13.7. The van der Waals surface area contributed by atoms with Crippen molar-refractivity contribution >= 4 is 23.4 Å². The molecule has 0 fully saturated rings. The number of nitrogens with zero attached hydrogens (tertiary/aromatic N) is 1. The standard InChI is InChI=1S/C14H16N2O3/c1-3-4-5-12(17)15-9-6-7-10-11(8-9)14(19)16(2)13(10)18/h6-8H,3-5H2,1-2H3,(H,15,17). The number of carbonyl (C=O) groups excluding carboxylic acids is 3. The first kappa shape index (κ1) is 13.3. The van der Waals surface area contributed by atoms with Gasteiger partial charge in [0.2, 0.25) is 5.91 Å². The summed E-state index contributed by atoms with van der Waals surface area (Å²) in [5, 5.41) is 2.74. The van der Waals surface area contributed by atoms with E-state index in [9.17, 15) is 14.4 Å². The summed E-state index contributed by atoms with van der Waals surface area (Å²) in [6.07, 6.45) is 2.24. The fraction of sp³-hybridized carbons (Fsp3) is 0.357. The van der Waals surface area contributed by atoms with Gasteiger partial charge in [-0.05, 0) is 24.6 Å². The third kappa shape index (κ3) is 2.50. The molecule has 5 heteroatoms. The average Bonchev–Trinajstić information content (AvgIpc) is 2.61. The lowest BCUT2D eigenvalue weighted by molar-refractivity contribution is -0.116. The minimum absolute atomic E-state index is 0.0769. The molecule has 0 aliphatic carbocycles. The molecule has 0 bridgehead atoms. The Hall–Kier alpha value is -2.17. The molecule has 1 heterocycles. The van der Waals surface area contributed by atoms with Crippen molar-refractivity contribution in [3.63, 3.8) is 0 Å². The molecule has 0 unspecified atom stereocenters. The van der Waals surface area contributed by atoms with Gasteiger partial charge < -0.3 is 5.32 Å². The smallest absolute Gasteiger partial charge is 0.261 e. The number of amides is 3. The molecule has 0 atom stereocenters. The Bertz CT molecular complexity index is 552. The van der Waals surface area contributed by atoms with E-state index in [-0.39, 0.29) is 17.7 Å². The van der Waals surface area contributed by atoms with Gasteiger partial charge in [0.1, 0.15) is 0 Å². The molecule has 3 amide bonds. The molecule has 0 aromatic heterocycles. The van der Waals surface area contributed by atoms with E-state index in [1.807, 2.05) is 6.92 Å². The number of hydrogen-bond donors (Lipinski definition) is 1. The van der Waals surface area contributed by atoms with Crippen LogP contribution in [0, 0.1) is 0 Å². The zero-order chi connectivity index (χ0) is 14.0. The van der Waals surface area contributed by atoms with Gasteiger partial charge in [-0.15, -0.1) is 0 Å². The molecule has 0 saturated heterocycles. The molecule has 0 radical (unpaired) electrons. The monoisotopic (exact) mass is 260 g/mol. The molecule has 1 aromatic rings. The summed E-state index contributed by atoms with van der Waals surface area (Å²) < 4.78 is 0. The van der Waals surface area contributed by atoms with E-state index in [4.69, 9.17) is 0 Å². The van der Waals surface area contributed by atoms with Crippen LogP contribution in [0.4, 0.5) is 5.69 Å². The highest BCUT2D eigenvalue weighted by molar-refractivity contribution is 6.21. The van der Waals surface area contributed by atoms with Crippen molar-refractivity contribution < 1.29 is 14.4 Å². The minimum atomic E-state index is -0.329. The third-order valence-electron chi connectivity index (χ3n) is 3.13. The topological polar surface area (TPSA) is 66.5 Å². The second kappa shape index (κ2) is 5.22. The Morgan fingerprint density at radius 1 is 1.21 bits per heavy atom. The molecule has 1 aliphatic rings. The predicted octanol–water partition coefficient (Wildman–Crippen LogP) is 2.04. The second-order valence-corrected chi connectivity index (χ2v) is 4.58. The molecule has 100 valence electrons. The van der Waals surface area contributed by atoms with Gasteiger partial charge in [-0.1, -0.05) is 13.3 Å². The fourth-order valence-corrected chi connectivity index (χ4v) is 2.00. The van der Waals surface area contributed by atoms with Crippen LogP contribution in [0.3, 0.4) is 0 Å². The van der Waals surface area contributed by atoms with Gasteiger partial charge in [0.25, 0.3) is 11.8 Å². The van der Waals surface area contributed by atoms with Crippen molar-refractivity contribution in [3.05, 3.63) is 29.3 Å². The Labute approximate surface area is 111 Å². The van der Waals surface area contributed by atoms with Crippen molar-refractivity contribution in [2.75, 3.05) is 12.4 Å². The highest BCUT2D eigenvalue weighted by atomic mass is 16.2. The van der Waals surface area contributed by atoms with E-state index >= 15 is 0 Å². The van der Waals surface area contributed by atoms with Gasteiger partial charge in [0.05, 0.1) is 11.1 Å². The van der Waals surface area contributed by atoms with Gasteiger partial charge in [0.15, 0.2) is 0 Å². The summed E-state index contributed by atoms with van der Waals surface area (Å²) in [5.74, 6) is -0.708. The number of hydrogen-bond acceptors (Lipinski definition) is 3. The Morgan fingerprint density at radius 2 is 1.89 bits per heavy atom. The van der Waals surface area contributed by atoms with Gasteiger partial charge in [0, 0.05) is 19.2 Å². The van der Waals surface area contributed by atoms with E-state index in [1.165, 1.54) is 7.05 Å². The van der Waals surface area contributed by atoms with E-state index in [0.29, 0.717) is 23.2 Å². The van der Waals surface area contributed by atoms with Gasteiger partial charge in [-0.3, -0.25) is 19.3 Å². The lowest BCUT2D eigenvalue weighted by Crippen LogP contribution is -2.24. The summed E-state index contributed by atoms with van der Waals surface area (Å²) in [6.45, 7) is 2.02. The first-order valence-electron chi connectivity index (χ1n) is 6.31. The second-order valence-electron chi connectivity index (χ2n) is 4.58. The zero-order valence-corrected chi connectivity index (χ0v) is 11.0. The van der Waals surface area contributed by atoms with Crippen LogP contribution < -0.4 is 5.32 Å². The number of nitrogens with one attached hydrogen (secondary N) is 1. The van der Waals surface area contributed by atoms with Crippen LogP contribution in [0.5, 0.6) is 0 Å². The number of imide groups is 1. The Kier molecular flexibility index (Phi) is 3.64. The van der Waals surface area contributed by atoms with Gasteiger partial charge in [-0.2, -0.15) is 0 Å². The predicted molar refractivity (Wildman–Crippen MR) is 71.0 cm³/mol. The van der Waals surface area contributed by atoms with Crippen LogP contribution in [0.25, 0.3) is 0 Å². The fourth-order valence-electron chi connectivity index (χ4n) is 2.00. The zero-order valence-electron chi connectivity index (χ0n) is 11.0. The van der Waals surface area contributed by atoms with Crippen LogP contribution in [-0.2, 0) is 4.79 Å². The van der Waals surface area contributed by atoms with Crippen molar-refractivity contribution in [1.82, 2.24) is 4.90 Å². The molecule has 5 nitrogen and oxygen atoms in total. The van der Waals surface area contributed by atoms with Crippen LogP contribution in [0.1, 0.15) is 46.9 Å². The quantitative estimate of drug-likeness (QED) is 0.842. The maximum atomic E-state index is 11.8. The summed E-state index contributed by atoms with van der Waals surface area (Å²) in [6, 6.07) is 4.78. The summed E-state index contributed by atoms with van der Waals surface area (Å²) in [5.41, 5.74) is 1.29. The molecule has 0 saturated carbocycles. The number of rotatable bonds is 4. The number of carbonyl (C=O) groups is 3. The minimum Gasteiger partial charge on any atom is -0.326 e.